The van der Waals surface area contributed by atoms with Crippen LogP contribution in [0.2, 0.25) is 0 Å². The first kappa shape index (κ1) is 19.2. The van der Waals surface area contributed by atoms with Crippen LogP contribution in [-0.2, 0) is 4.74 Å². The van der Waals surface area contributed by atoms with E-state index in [2.05, 4.69) is 49.8 Å². The Morgan fingerprint density at radius 2 is 1.80 bits per heavy atom. The molecule has 2 aromatic heterocycles. The van der Waals surface area contributed by atoms with Crippen molar-refractivity contribution in [2.45, 2.75) is 12.8 Å². The van der Waals surface area contributed by atoms with Crippen LogP contribution in [0, 0.1) is 5.92 Å². The Bertz CT molecular complexity index is 981. The van der Waals surface area contributed by atoms with Crippen molar-refractivity contribution < 1.29 is 4.74 Å². The Balaban J connectivity index is 1.41. The van der Waals surface area contributed by atoms with E-state index in [9.17, 15) is 0 Å². The van der Waals surface area contributed by atoms with E-state index in [1.807, 2.05) is 6.07 Å². The number of pyridine rings is 1. The molecular weight excluding hydrogens is 376 g/mol. The summed E-state index contributed by atoms with van der Waals surface area (Å²) >= 11 is 0. The lowest BCUT2D eigenvalue weighted by Crippen LogP contribution is -2.36. The fraction of sp³-hybridized carbons (Fsp3) is 0.435. The molecule has 2 N–H and O–H groups in total. The molecule has 4 heterocycles. The lowest BCUT2D eigenvalue weighted by molar-refractivity contribution is 0.122. The van der Waals surface area contributed by atoms with E-state index >= 15 is 0 Å². The van der Waals surface area contributed by atoms with Crippen LogP contribution in [0.15, 0.2) is 42.7 Å². The molecular formula is C23H28N6O. The molecule has 5 rings (SSSR count). The maximum Gasteiger partial charge on any atom is 0.154 e. The van der Waals surface area contributed by atoms with Gasteiger partial charge in [0.05, 0.1) is 24.4 Å². The van der Waals surface area contributed by atoms with Crippen molar-refractivity contribution in [3.63, 3.8) is 0 Å². The number of aromatic nitrogens is 3. The second-order valence-corrected chi connectivity index (χ2v) is 8.00. The number of nitrogens with one attached hydrogen (secondary N) is 2. The van der Waals surface area contributed by atoms with Crippen LogP contribution in [0.25, 0.3) is 22.3 Å². The third-order valence-electron chi connectivity index (χ3n) is 6.01. The Morgan fingerprint density at radius 1 is 1.03 bits per heavy atom. The number of hydrogen-bond acceptors (Lipinski definition) is 7. The minimum Gasteiger partial charge on any atom is -0.378 e. The fourth-order valence-electron chi connectivity index (χ4n) is 4.23. The molecule has 0 saturated carbocycles. The summed E-state index contributed by atoms with van der Waals surface area (Å²) in [6.07, 6.45) is 5.86. The number of benzene rings is 1. The van der Waals surface area contributed by atoms with E-state index in [-0.39, 0.29) is 0 Å². The normalized spacial score (nSPS) is 17.9. The first-order chi connectivity index (χ1) is 14.9. The average Bonchev–Trinajstić information content (AvgIpc) is 2.84. The number of fused-ring (bicyclic) bond motifs is 1. The van der Waals surface area contributed by atoms with Gasteiger partial charge in [0.15, 0.2) is 5.82 Å². The van der Waals surface area contributed by atoms with Gasteiger partial charge in [0, 0.05) is 43.3 Å². The predicted molar refractivity (Wildman–Crippen MR) is 120 cm³/mol. The van der Waals surface area contributed by atoms with Crippen molar-refractivity contribution in [1.82, 2.24) is 20.3 Å². The molecule has 3 aromatic rings. The molecule has 2 fully saturated rings. The Kier molecular flexibility index (Phi) is 5.72. The minimum absolute atomic E-state index is 0.663. The number of rotatable bonds is 5. The third-order valence-corrected chi connectivity index (χ3v) is 6.01. The molecule has 0 amide bonds. The maximum atomic E-state index is 5.46. The van der Waals surface area contributed by atoms with Gasteiger partial charge in [-0.2, -0.15) is 0 Å². The zero-order valence-corrected chi connectivity index (χ0v) is 17.2. The van der Waals surface area contributed by atoms with Gasteiger partial charge in [0.1, 0.15) is 5.52 Å². The molecule has 0 spiro atoms. The topological polar surface area (TPSA) is 75.2 Å². The Hall–Kier alpha value is -2.77. The van der Waals surface area contributed by atoms with Crippen LogP contribution in [0.1, 0.15) is 12.8 Å². The Morgan fingerprint density at radius 3 is 2.60 bits per heavy atom. The zero-order chi connectivity index (χ0) is 20.2. The lowest BCUT2D eigenvalue weighted by Gasteiger charge is -2.28. The third kappa shape index (κ3) is 4.22. The first-order valence-corrected chi connectivity index (χ1v) is 10.9. The van der Waals surface area contributed by atoms with E-state index < -0.39 is 0 Å². The molecule has 30 heavy (non-hydrogen) atoms. The summed E-state index contributed by atoms with van der Waals surface area (Å²) in [5.74, 6) is 1.49. The van der Waals surface area contributed by atoms with E-state index in [1.54, 1.807) is 12.4 Å². The summed E-state index contributed by atoms with van der Waals surface area (Å²) < 4.78 is 5.46. The van der Waals surface area contributed by atoms with E-state index in [4.69, 9.17) is 9.72 Å². The summed E-state index contributed by atoms with van der Waals surface area (Å²) in [4.78, 5) is 16.4. The van der Waals surface area contributed by atoms with E-state index in [0.717, 1.165) is 74.0 Å². The number of ether oxygens (including phenoxy) is 1. The summed E-state index contributed by atoms with van der Waals surface area (Å²) in [6, 6.07) is 10.7. The largest absolute Gasteiger partial charge is 0.378 e. The van der Waals surface area contributed by atoms with Gasteiger partial charge in [0.2, 0.25) is 0 Å². The molecule has 0 atom stereocenters. The number of hydrogen-bond donors (Lipinski definition) is 2. The van der Waals surface area contributed by atoms with Gasteiger partial charge in [-0.15, -0.1) is 0 Å². The second-order valence-electron chi connectivity index (χ2n) is 8.00. The number of anilines is 2. The van der Waals surface area contributed by atoms with Gasteiger partial charge in [-0.05, 0) is 50.0 Å². The van der Waals surface area contributed by atoms with Crippen molar-refractivity contribution >= 4 is 22.5 Å². The fourth-order valence-corrected chi connectivity index (χ4v) is 4.23. The molecule has 0 radical (unpaired) electrons. The highest BCUT2D eigenvalue weighted by atomic mass is 16.5. The maximum absolute atomic E-state index is 5.46. The van der Waals surface area contributed by atoms with Gasteiger partial charge in [-0.3, -0.25) is 4.98 Å². The lowest BCUT2D eigenvalue weighted by atomic mass is 9.98. The first-order valence-electron chi connectivity index (χ1n) is 10.9. The van der Waals surface area contributed by atoms with Gasteiger partial charge >= 0.3 is 0 Å². The number of nitrogens with zero attached hydrogens (tertiary/aromatic N) is 4. The number of morpholine rings is 1. The van der Waals surface area contributed by atoms with Gasteiger partial charge in [-0.1, -0.05) is 12.1 Å². The van der Waals surface area contributed by atoms with E-state index in [1.165, 1.54) is 18.5 Å². The minimum atomic E-state index is 0.663. The summed E-state index contributed by atoms with van der Waals surface area (Å²) in [6.45, 7) is 6.56. The van der Waals surface area contributed by atoms with Crippen molar-refractivity contribution in [2.24, 2.45) is 5.92 Å². The molecule has 0 unspecified atom stereocenters. The highest BCUT2D eigenvalue weighted by Crippen LogP contribution is 2.28. The SMILES string of the molecule is c1cnc2c(NCC3CCNCC3)nc(-c3ccc(N4CCOCC4)cc3)cc2n1. The summed E-state index contributed by atoms with van der Waals surface area (Å²) in [5, 5.41) is 6.99. The Labute approximate surface area is 176 Å². The van der Waals surface area contributed by atoms with Crippen molar-refractivity contribution in [2.75, 3.05) is 56.2 Å². The number of piperidine rings is 1. The van der Waals surface area contributed by atoms with Crippen molar-refractivity contribution in [1.29, 1.82) is 0 Å². The van der Waals surface area contributed by atoms with Crippen LogP contribution < -0.4 is 15.5 Å². The standard InChI is InChI=1S/C23H28N6O/c1-3-19(29-11-13-30-14-12-29)4-2-18(1)20-15-21-22(26-10-9-25-21)23(28-20)27-16-17-5-7-24-8-6-17/h1-4,9-10,15,17,24H,5-8,11-14,16H2,(H,27,28). The molecule has 7 heteroatoms. The van der Waals surface area contributed by atoms with E-state index in [0.29, 0.717) is 5.92 Å². The molecule has 2 aliphatic rings. The monoisotopic (exact) mass is 404 g/mol. The van der Waals surface area contributed by atoms with Crippen LogP contribution >= 0.6 is 0 Å². The predicted octanol–water partition coefficient (Wildman–Crippen LogP) is 2.94. The van der Waals surface area contributed by atoms with Crippen molar-refractivity contribution in [3.8, 4) is 11.3 Å². The van der Waals surface area contributed by atoms with Crippen LogP contribution in [0.3, 0.4) is 0 Å². The van der Waals surface area contributed by atoms with Crippen molar-refractivity contribution in [3.05, 3.63) is 42.7 Å². The molecule has 2 saturated heterocycles. The van der Waals surface area contributed by atoms with Crippen LogP contribution in [-0.4, -0.2) is 60.9 Å². The quantitative estimate of drug-likeness (QED) is 0.677. The summed E-state index contributed by atoms with van der Waals surface area (Å²) in [7, 11) is 0. The second kappa shape index (κ2) is 8.93. The van der Waals surface area contributed by atoms with Gasteiger partial charge < -0.3 is 20.3 Å². The smallest absolute Gasteiger partial charge is 0.154 e. The molecule has 2 aliphatic heterocycles. The molecule has 7 nitrogen and oxygen atoms in total. The molecule has 0 aliphatic carbocycles. The zero-order valence-electron chi connectivity index (χ0n) is 17.2. The molecule has 0 bridgehead atoms. The average molecular weight is 405 g/mol. The van der Waals surface area contributed by atoms with Crippen LogP contribution in [0.5, 0.6) is 0 Å². The summed E-state index contributed by atoms with van der Waals surface area (Å²) in [5.41, 5.74) is 4.94. The van der Waals surface area contributed by atoms with Gasteiger partial charge in [-0.25, -0.2) is 9.97 Å². The molecule has 1 aromatic carbocycles. The highest BCUT2D eigenvalue weighted by molar-refractivity contribution is 5.88. The highest BCUT2D eigenvalue weighted by Gasteiger charge is 2.16. The van der Waals surface area contributed by atoms with Gasteiger partial charge in [0.25, 0.3) is 0 Å². The van der Waals surface area contributed by atoms with Crippen LogP contribution in [0.4, 0.5) is 11.5 Å². The molecule has 156 valence electrons.